The first-order valence-electron chi connectivity index (χ1n) is 6.50. The summed E-state index contributed by atoms with van der Waals surface area (Å²) in [6.07, 6.45) is 3.26. The Hall–Kier alpha value is -2.67. The molecule has 0 saturated carbocycles. The molecule has 0 saturated heterocycles. The number of pyridine rings is 1. The molecule has 0 aliphatic heterocycles. The second-order valence-corrected chi connectivity index (χ2v) is 4.78. The number of rotatable bonds is 2. The molecule has 0 fully saturated rings. The fraction of sp³-hybridized carbons (Fsp3) is 0.188. The van der Waals surface area contributed by atoms with Gasteiger partial charge in [0.25, 0.3) is 5.91 Å². The summed E-state index contributed by atoms with van der Waals surface area (Å²) >= 11 is 0. The van der Waals surface area contributed by atoms with Gasteiger partial charge in [0, 0.05) is 11.8 Å². The smallest absolute Gasteiger partial charge is 0.251 e. The lowest BCUT2D eigenvalue weighted by Gasteiger charge is -2.13. The molecule has 1 heterocycles. The van der Waals surface area contributed by atoms with Crippen molar-refractivity contribution in [2.75, 3.05) is 0 Å². The van der Waals surface area contributed by atoms with E-state index in [4.69, 9.17) is 6.57 Å². The molecule has 0 bridgehead atoms. The van der Waals surface area contributed by atoms with Gasteiger partial charge in [0.1, 0.15) is 0 Å². The Kier molecular flexibility index (Phi) is 3.18. The summed E-state index contributed by atoms with van der Waals surface area (Å²) < 4.78 is 0. The number of carbonyl (C=O) groups is 1. The molecule has 1 unspecified atom stereocenters. The molecule has 98 valence electrons. The highest BCUT2D eigenvalue weighted by Gasteiger charge is 2.25. The Labute approximate surface area is 117 Å². The van der Waals surface area contributed by atoms with Gasteiger partial charge >= 0.3 is 0 Å². The molecular weight excluding hydrogens is 250 g/mol. The van der Waals surface area contributed by atoms with E-state index >= 15 is 0 Å². The molecule has 3 rings (SSSR count). The van der Waals surface area contributed by atoms with E-state index in [9.17, 15) is 4.79 Å². The molecule has 1 aromatic carbocycles. The van der Waals surface area contributed by atoms with Crippen LogP contribution >= 0.6 is 0 Å². The van der Waals surface area contributed by atoms with Gasteiger partial charge in [0.05, 0.1) is 18.3 Å². The lowest BCUT2D eigenvalue weighted by molar-refractivity contribution is 0.0936. The fourth-order valence-electron chi connectivity index (χ4n) is 2.49. The van der Waals surface area contributed by atoms with Gasteiger partial charge in [0.15, 0.2) is 0 Å². The average molecular weight is 263 g/mol. The molecule has 0 radical (unpaired) electrons. The van der Waals surface area contributed by atoms with Crippen LogP contribution in [0.4, 0.5) is 5.69 Å². The minimum absolute atomic E-state index is 0.0579. The molecule has 1 aliphatic carbocycles. The highest BCUT2D eigenvalue weighted by Crippen LogP contribution is 2.31. The molecule has 0 spiro atoms. The quantitative estimate of drug-likeness (QED) is 0.846. The normalized spacial score (nSPS) is 16.2. The van der Waals surface area contributed by atoms with Gasteiger partial charge in [-0.2, -0.15) is 0 Å². The van der Waals surface area contributed by atoms with Crippen LogP contribution in [0.1, 0.15) is 34.1 Å². The maximum absolute atomic E-state index is 12.1. The van der Waals surface area contributed by atoms with Crippen molar-refractivity contribution >= 4 is 11.6 Å². The highest BCUT2D eigenvalue weighted by molar-refractivity contribution is 5.94. The van der Waals surface area contributed by atoms with Crippen LogP contribution in [-0.2, 0) is 6.42 Å². The van der Waals surface area contributed by atoms with E-state index in [2.05, 4.69) is 15.1 Å². The Morgan fingerprint density at radius 3 is 2.90 bits per heavy atom. The maximum Gasteiger partial charge on any atom is 0.251 e. The van der Waals surface area contributed by atoms with Crippen molar-refractivity contribution in [2.45, 2.75) is 18.9 Å². The molecular formula is C16H13N3O. The monoisotopic (exact) mass is 263 g/mol. The summed E-state index contributed by atoms with van der Waals surface area (Å²) in [6, 6.07) is 11.0. The molecule has 1 N–H and O–H groups in total. The first-order valence-corrected chi connectivity index (χ1v) is 6.50. The summed E-state index contributed by atoms with van der Waals surface area (Å²) in [5.74, 6) is -0.0838. The predicted octanol–water partition coefficient (Wildman–Crippen LogP) is 3.05. The fourth-order valence-corrected chi connectivity index (χ4v) is 2.49. The van der Waals surface area contributed by atoms with Crippen LogP contribution < -0.4 is 5.32 Å². The van der Waals surface area contributed by atoms with Crippen molar-refractivity contribution in [1.29, 1.82) is 0 Å². The Balaban J connectivity index is 1.79. The van der Waals surface area contributed by atoms with Crippen LogP contribution in [0, 0.1) is 6.57 Å². The van der Waals surface area contributed by atoms with Crippen molar-refractivity contribution in [2.24, 2.45) is 0 Å². The van der Waals surface area contributed by atoms with Crippen molar-refractivity contribution in [3.8, 4) is 0 Å². The average Bonchev–Trinajstić information content (AvgIpc) is 2.90. The van der Waals surface area contributed by atoms with Crippen LogP contribution in [0.3, 0.4) is 0 Å². The number of amides is 1. The Bertz CT molecular complexity index is 689. The summed E-state index contributed by atoms with van der Waals surface area (Å²) in [6.45, 7) is 7.00. The standard InChI is InChI=1S/C16H13N3O/c1-17-13-9-12-7-8-14(15(12)18-10-13)19-16(20)11-5-3-2-4-6-11/h2-6,9-10,14H,7-8H2,(H,19,20). The van der Waals surface area contributed by atoms with Gasteiger partial charge in [-0.3, -0.25) is 9.78 Å². The van der Waals surface area contributed by atoms with Crippen molar-refractivity contribution in [3.63, 3.8) is 0 Å². The van der Waals surface area contributed by atoms with Crippen LogP contribution in [0.2, 0.25) is 0 Å². The second kappa shape index (κ2) is 5.14. The first kappa shape index (κ1) is 12.4. The Morgan fingerprint density at radius 2 is 2.15 bits per heavy atom. The van der Waals surface area contributed by atoms with Crippen molar-refractivity contribution in [1.82, 2.24) is 10.3 Å². The van der Waals surface area contributed by atoms with E-state index in [0.717, 1.165) is 24.1 Å². The molecule has 2 aromatic rings. The third-order valence-corrected chi connectivity index (χ3v) is 3.49. The van der Waals surface area contributed by atoms with Crippen molar-refractivity contribution in [3.05, 3.63) is 70.8 Å². The van der Waals surface area contributed by atoms with Gasteiger partial charge in [-0.1, -0.05) is 18.2 Å². The van der Waals surface area contributed by atoms with Crippen LogP contribution in [0.15, 0.2) is 42.6 Å². The van der Waals surface area contributed by atoms with Crippen LogP contribution in [-0.4, -0.2) is 10.9 Å². The van der Waals surface area contributed by atoms with Gasteiger partial charge in [-0.25, -0.2) is 4.85 Å². The number of hydrogen-bond donors (Lipinski definition) is 1. The zero-order valence-corrected chi connectivity index (χ0v) is 10.8. The zero-order valence-electron chi connectivity index (χ0n) is 10.8. The maximum atomic E-state index is 12.1. The molecule has 1 amide bonds. The number of aromatic nitrogens is 1. The van der Waals surface area contributed by atoms with E-state index < -0.39 is 0 Å². The number of hydrogen-bond acceptors (Lipinski definition) is 2. The summed E-state index contributed by atoms with van der Waals surface area (Å²) in [5, 5.41) is 3.01. The van der Waals surface area contributed by atoms with E-state index in [0.29, 0.717) is 11.3 Å². The van der Waals surface area contributed by atoms with Gasteiger partial charge < -0.3 is 5.32 Å². The van der Waals surface area contributed by atoms with Crippen LogP contribution in [0.25, 0.3) is 4.85 Å². The largest absolute Gasteiger partial charge is 0.344 e. The molecule has 1 atom stereocenters. The highest BCUT2D eigenvalue weighted by atomic mass is 16.1. The number of benzene rings is 1. The van der Waals surface area contributed by atoms with Crippen molar-refractivity contribution < 1.29 is 4.79 Å². The topological polar surface area (TPSA) is 46.4 Å². The third-order valence-electron chi connectivity index (χ3n) is 3.49. The minimum Gasteiger partial charge on any atom is -0.344 e. The number of fused-ring (bicyclic) bond motifs is 1. The van der Waals surface area contributed by atoms with E-state index in [1.54, 1.807) is 18.3 Å². The molecule has 1 aliphatic rings. The lowest BCUT2D eigenvalue weighted by atomic mass is 10.1. The number of nitrogens with one attached hydrogen (secondary N) is 1. The number of carbonyl (C=O) groups excluding carboxylic acids is 1. The first-order chi connectivity index (χ1) is 9.78. The van der Waals surface area contributed by atoms with E-state index in [1.165, 1.54) is 0 Å². The molecule has 1 aromatic heterocycles. The van der Waals surface area contributed by atoms with E-state index in [1.807, 2.05) is 24.3 Å². The summed E-state index contributed by atoms with van der Waals surface area (Å²) in [5.41, 5.74) is 3.16. The SMILES string of the molecule is [C-]#[N+]c1cnc2c(c1)CCC2NC(=O)c1ccccc1. The zero-order chi connectivity index (χ0) is 13.9. The lowest BCUT2D eigenvalue weighted by Crippen LogP contribution is -2.27. The number of nitrogens with zero attached hydrogens (tertiary/aromatic N) is 2. The molecule has 20 heavy (non-hydrogen) atoms. The van der Waals surface area contributed by atoms with E-state index in [-0.39, 0.29) is 11.9 Å². The third kappa shape index (κ3) is 2.26. The molecule has 4 heteroatoms. The molecule has 4 nitrogen and oxygen atoms in total. The Morgan fingerprint density at radius 1 is 1.35 bits per heavy atom. The predicted molar refractivity (Wildman–Crippen MR) is 75.5 cm³/mol. The summed E-state index contributed by atoms with van der Waals surface area (Å²) in [7, 11) is 0. The summed E-state index contributed by atoms with van der Waals surface area (Å²) in [4.78, 5) is 19.9. The number of aryl methyl sites for hydroxylation is 1. The van der Waals surface area contributed by atoms with Gasteiger partial charge in [-0.05, 0) is 36.6 Å². The van der Waals surface area contributed by atoms with Crippen LogP contribution in [0.5, 0.6) is 0 Å². The van der Waals surface area contributed by atoms with Gasteiger partial charge in [0.2, 0.25) is 5.69 Å². The van der Waals surface area contributed by atoms with Gasteiger partial charge in [-0.15, -0.1) is 0 Å². The minimum atomic E-state index is -0.0838. The second-order valence-electron chi connectivity index (χ2n) is 4.78.